The van der Waals surface area contributed by atoms with Crippen molar-refractivity contribution in [2.45, 2.75) is 33.2 Å². The van der Waals surface area contributed by atoms with E-state index in [4.69, 9.17) is 9.84 Å². The lowest BCUT2D eigenvalue weighted by molar-refractivity contribution is 0.236. The Labute approximate surface area is 115 Å². The second-order valence-corrected chi connectivity index (χ2v) is 5.60. The molecule has 0 amide bonds. The van der Waals surface area contributed by atoms with Gasteiger partial charge in [0.2, 0.25) is 0 Å². The number of phenolic OH excluding ortho intramolecular Hbond substituents is 1. The van der Waals surface area contributed by atoms with Crippen molar-refractivity contribution >= 4 is 0 Å². The molecule has 19 heavy (non-hydrogen) atoms. The number of aliphatic hydroxyl groups excluding tert-OH is 1. The summed E-state index contributed by atoms with van der Waals surface area (Å²) >= 11 is 0. The van der Waals surface area contributed by atoms with Crippen molar-refractivity contribution < 1.29 is 14.9 Å². The maximum absolute atomic E-state index is 9.52. The van der Waals surface area contributed by atoms with Gasteiger partial charge in [0.1, 0.15) is 0 Å². The van der Waals surface area contributed by atoms with Crippen LogP contribution >= 0.6 is 0 Å². The third kappa shape index (κ3) is 5.49. The summed E-state index contributed by atoms with van der Waals surface area (Å²) in [4.78, 5) is 0. The molecule has 0 atom stereocenters. The predicted octanol–water partition coefficient (Wildman–Crippen LogP) is 2.29. The van der Waals surface area contributed by atoms with Crippen molar-refractivity contribution in [2.24, 2.45) is 5.41 Å². The highest BCUT2D eigenvalue weighted by atomic mass is 16.5. The highest BCUT2D eigenvalue weighted by Gasteiger charge is 2.16. The van der Waals surface area contributed by atoms with E-state index >= 15 is 0 Å². The first-order valence-electron chi connectivity index (χ1n) is 6.66. The van der Waals surface area contributed by atoms with Crippen LogP contribution in [0.3, 0.4) is 0 Å². The number of rotatable bonds is 8. The molecule has 1 aromatic carbocycles. The second-order valence-electron chi connectivity index (χ2n) is 5.60. The van der Waals surface area contributed by atoms with Crippen LogP contribution in [0.5, 0.6) is 11.5 Å². The first kappa shape index (κ1) is 15.8. The first-order valence-corrected chi connectivity index (χ1v) is 6.66. The van der Waals surface area contributed by atoms with Crippen molar-refractivity contribution in [3.05, 3.63) is 23.8 Å². The topological polar surface area (TPSA) is 61.7 Å². The lowest BCUT2D eigenvalue weighted by atomic mass is 9.88. The van der Waals surface area contributed by atoms with Crippen LogP contribution in [0.2, 0.25) is 0 Å². The van der Waals surface area contributed by atoms with E-state index in [0.29, 0.717) is 5.75 Å². The molecule has 0 heterocycles. The van der Waals surface area contributed by atoms with Crippen LogP contribution in [-0.2, 0) is 6.54 Å². The summed E-state index contributed by atoms with van der Waals surface area (Å²) in [5.41, 5.74) is 1.25. The van der Waals surface area contributed by atoms with E-state index < -0.39 is 0 Å². The lowest BCUT2D eigenvalue weighted by Crippen LogP contribution is -2.29. The summed E-state index contributed by atoms with van der Waals surface area (Å²) in [7, 11) is 1.55. The smallest absolute Gasteiger partial charge is 0.160 e. The highest BCUT2D eigenvalue weighted by Crippen LogP contribution is 2.26. The first-order chi connectivity index (χ1) is 8.98. The minimum absolute atomic E-state index is 0.162. The third-order valence-corrected chi connectivity index (χ3v) is 3.19. The molecule has 0 unspecified atom stereocenters. The van der Waals surface area contributed by atoms with Crippen LogP contribution in [0.25, 0.3) is 0 Å². The molecule has 0 radical (unpaired) electrons. The Morgan fingerprint density at radius 3 is 2.68 bits per heavy atom. The molecule has 1 aromatic rings. The standard InChI is InChI=1S/C15H25NO3/c1-15(2,7-4-8-17)11-16-10-12-5-6-13(18)14(9-12)19-3/h5-6,9,16-18H,4,7-8,10-11H2,1-3H3. The molecule has 108 valence electrons. The SMILES string of the molecule is COc1cc(CNCC(C)(C)CCCO)ccc1O. The fraction of sp³-hybridized carbons (Fsp3) is 0.600. The number of hydrogen-bond donors (Lipinski definition) is 3. The second kappa shape index (κ2) is 7.36. The zero-order chi connectivity index (χ0) is 14.3. The molecule has 1 rings (SSSR count). The van der Waals surface area contributed by atoms with Crippen molar-refractivity contribution in [1.29, 1.82) is 0 Å². The molecule has 4 heteroatoms. The van der Waals surface area contributed by atoms with Crippen LogP contribution in [0.15, 0.2) is 18.2 Å². The predicted molar refractivity (Wildman–Crippen MR) is 76.5 cm³/mol. The maximum atomic E-state index is 9.52. The van der Waals surface area contributed by atoms with Gasteiger partial charge in [-0.2, -0.15) is 0 Å². The number of phenols is 1. The van der Waals surface area contributed by atoms with Crippen LogP contribution in [0.1, 0.15) is 32.3 Å². The maximum Gasteiger partial charge on any atom is 0.160 e. The van der Waals surface area contributed by atoms with Crippen molar-refractivity contribution in [3.8, 4) is 11.5 Å². The molecule has 0 bridgehead atoms. The fourth-order valence-electron chi connectivity index (χ4n) is 2.02. The van der Waals surface area contributed by atoms with Gasteiger partial charge in [-0.1, -0.05) is 19.9 Å². The Kier molecular flexibility index (Phi) is 6.12. The summed E-state index contributed by atoms with van der Waals surface area (Å²) in [6, 6.07) is 5.36. The Bertz CT molecular complexity index is 391. The van der Waals surface area contributed by atoms with E-state index in [1.165, 1.54) is 0 Å². The number of nitrogens with one attached hydrogen (secondary N) is 1. The molecule has 0 aliphatic heterocycles. The molecule has 0 aliphatic carbocycles. The Morgan fingerprint density at radius 1 is 1.32 bits per heavy atom. The zero-order valence-corrected chi connectivity index (χ0v) is 12.1. The normalized spacial score (nSPS) is 11.6. The van der Waals surface area contributed by atoms with Gasteiger partial charge < -0.3 is 20.3 Å². The average molecular weight is 267 g/mol. The molecule has 0 spiro atoms. The Balaban J connectivity index is 2.44. The van der Waals surface area contributed by atoms with E-state index in [2.05, 4.69) is 19.2 Å². The van der Waals surface area contributed by atoms with Gasteiger partial charge in [-0.3, -0.25) is 0 Å². The third-order valence-electron chi connectivity index (χ3n) is 3.19. The van der Waals surface area contributed by atoms with Crippen LogP contribution < -0.4 is 10.1 Å². The molecule has 0 saturated carbocycles. The fourth-order valence-corrected chi connectivity index (χ4v) is 2.02. The molecular weight excluding hydrogens is 242 g/mol. The van der Waals surface area contributed by atoms with Gasteiger partial charge in [-0.15, -0.1) is 0 Å². The molecule has 4 nitrogen and oxygen atoms in total. The van der Waals surface area contributed by atoms with E-state index in [1.807, 2.05) is 12.1 Å². The number of methoxy groups -OCH3 is 1. The monoisotopic (exact) mass is 267 g/mol. The summed E-state index contributed by atoms with van der Waals surface area (Å²) in [5.74, 6) is 0.661. The van der Waals surface area contributed by atoms with Crippen LogP contribution in [0.4, 0.5) is 0 Å². The van der Waals surface area contributed by atoms with Crippen molar-refractivity contribution in [3.63, 3.8) is 0 Å². The minimum atomic E-state index is 0.162. The lowest BCUT2D eigenvalue weighted by Gasteiger charge is -2.24. The van der Waals surface area contributed by atoms with Crippen LogP contribution in [0, 0.1) is 5.41 Å². The molecular formula is C15H25NO3. The molecule has 0 aliphatic rings. The van der Waals surface area contributed by atoms with Gasteiger partial charge in [-0.05, 0) is 36.0 Å². The quantitative estimate of drug-likeness (QED) is 0.676. The summed E-state index contributed by atoms with van der Waals surface area (Å²) in [5, 5.41) is 21.8. The molecule has 3 N–H and O–H groups in total. The van der Waals surface area contributed by atoms with E-state index in [0.717, 1.165) is 31.5 Å². The number of ether oxygens (including phenoxy) is 1. The number of aliphatic hydroxyl groups is 1. The number of hydrogen-bond acceptors (Lipinski definition) is 4. The molecule has 0 saturated heterocycles. The van der Waals surface area contributed by atoms with Gasteiger partial charge in [0.05, 0.1) is 7.11 Å². The van der Waals surface area contributed by atoms with Gasteiger partial charge in [-0.25, -0.2) is 0 Å². The number of aromatic hydroxyl groups is 1. The zero-order valence-electron chi connectivity index (χ0n) is 12.1. The highest BCUT2D eigenvalue weighted by molar-refractivity contribution is 5.41. The minimum Gasteiger partial charge on any atom is -0.504 e. The Morgan fingerprint density at radius 2 is 2.05 bits per heavy atom. The summed E-state index contributed by atoms with van der Waals surface area (Å²) in [6.45, 7) is 6.24. The van der Waals surface area contributed by atoms with E-state index in [1.54, 1.807) is 13.2 Å². The average Bonchev–Trinajstić information content (AvgIpc) is 2.38. The number of benzene rings is 1. The summed E-state index contributed by atoms with van der Waals surface area (Å²) in [6.07, 6.45) is 1.83. The van der Waals surface area contributed by atoms with Gasteiger partial charge >= 0.3 is 0 Å². The van der Waals surface area contributed by atoms with Crippen molar-refractivity contribution in [2.75, 3.05) is 20.3 Å². The largest absolute Gasteiger partial charge is 0.504 e. The van der Waals surface area contributed by atoms with Crippen molar-refractivity contribution in [1.82, 2.24) is 5.32 Å². The molecule has 0 fully saturated rings. The van der Waals surface area contributed by atoms with E-state index in [9.17, 15) is 5.11 Å². The Hall–Kier alpha value is -1.26. The van der Waals surface area contributed by atoms with Gasteiger partial charge in [0, 0.05) is 19.7 Å². The van der Waals surface area contributed by atoms with Crippen LogP contribution in [-0.4, -0.2) is 30.5 Å². The van der Waals surface area contributed by atoms with Gasteiger partial charge in [0.15, 0.2) is 11.5 Å². The summed E-state index contributed by atoms with van der Waals surface area (Å²) < 4.78 is 5.08. The molecule has 0 aromatic heterocycles. The van der Waals surface area contributed by atoms with E-state index in [-0.39, 0.29) is 17.8 Å². The van der Waals surface area contributed by atoms with Gasteiger partial charge in [0.25, 0.3) is 0 Å².